The van der Waals surface area contributed by atoms with Crippen LogP contribution in [0.1, 0.15) is 25.0 Å². The quantitative estimate of drug-likeness (QED) is 0.463. The first-order valence-corrected chi connectivity index (χ1v) is 6.88. The summed E-state index contributed by atoms with van der Waals surface area (Å²) in [6, 6.07) is 8.68. The maximum atomic E-state index is 2.55. The van der Waals surface area contributed by atoms with Crippen LogP contribution in [-0.2, 0) is 1.43 Å². The van der Waals surface area contributed by atoms with Crippen LogP contribution >= 0.6 is 45.2 Å². The van der Waals surface area contributed by atoms with E-state index in [1.165, 1.54) is 16.7 Å². The van der Waals surface area contributed by atoms with E-state index in [2.05, 4.69) is 89.4 Å². The van der Waals surface area contributed by atoms with Gasteiger partial charge in [-0.1, -0.05) is 89.4 Å². The van der Waals surface area contributed by atoms with Gasteiger partial charge in [-0.25, -0.2) is 0 Å². The lowest BCUT2D eigenvalue weighted by Gasteiger charge is -2.23. The third-order valence-electron chi connectivity index (χ3n) is 2.59. The molecule has 0 unspecified atom stereocenters. The van der Waals surface area contributed by atoms with Crippen molar-refractivity contribution < 1.29 is 0 Å². The third-order valence-corrected chi connectivity index (χ3v) is 5.00. The standard InChI is InChI=1S/C12H12I2/c1-8(2)11-7-9-5-3-4-6-10(9)12(11,13)14/h3-8H,1-2H3. The van der Waals surface area contributed by atoms with Crippen LogP contribution in [0.2, 0.25) is 0 Å². The lowest BCUT2D eigenvalue weighted by Crippen LogP contribution is -2.12. The van der Waals surface area contributed by atoms with E-state index in [1.807, 2.05) is 0 Å². The summed E-state index contributed by atoms with van der Waals surface area (Å²) >= 11 is 5.11. The molecule has 1 aliphatic rings. The summed E-state index contributed by atoms with van der Waals surface area (Å²) in [7, 11) is 0. The van der Waals surface area contributed by atoms with Crippen LogP contribution in [0.3, 0.4) is 0 Å². The molecule has 0 N–H and O–H groups in total. The molecule has 0 aromatic heterocycles. The van der Waals surface area contributed by atoms with Crippen molar-refractivity contribution in [2.24, 2.45) is 5.92 Å². The average Bonchev–Trinajstić information content (AvgIpc) is 2.39. The molecule has 14 heavy (non-hydrogen) atoms. The molecule has 0 nitrogen and oxygen atoms in total. The van der Waals surface area contributed by atoms with Crippen LogP contribution in [0.4, 0.5) is 0 Å². The molecule has 0 amide bonds. The fourth-order valence-electron chi connectivity index (χ4n) is 1.85. The van der Waals surface area contributed by atoms with Gasteiger partial charge in [-0.05, 0) is 22.6 Å². The maximum absolute atomic E-state index is 2.55. The number of fused-ring (bicyclic) bond motifs is 1. The van der Waals surface area contributed by atoms with Gasteiger partial charge in [-0.2, -0.15) is 0 Å². The molecule has 0 spiro atoms. The van der Waals surface area contributed by atoms with Gasteiger partial charge in [0.2, 0.25) is 0 Å². The molecule has 1 aromatic rings. The minimum Gasteiger partial charge on any atom is -0.0619 e. The lowest BCUT2D eigenvalue weighted by molar-refractivity contribution is 0.749. The number of benzene rings is 1. The molecular weight excluding hydrogens is 398 g/mol. The fraction of sp³-hybridized carbons (Fsp3) is 0.333. The summed E-state index contributed by atoms with van der Waals surface area (Å²) in [5.74, 6) is 0.621. The van der Waals surface area contributed by atoms with Crippen molar-refractivity contribution in [1.29, 1.82) is 0 Å². The van der Waals surface area contributed by atoms with Crippen molar-refractivity contribution >= 4 is 51.3 Å². The van der Waals surface area contributed by atoms with Crippen molar-refractivity contribution in [3.8, 4) is 0 Å². The molecule has 74 valence electrons. The van der Waals surface area contributed by atoms with Gasteiger partial charge in [-0.15, -0.1) is 0 Å². The van der Waals surface area contributed by atoms with Gasteiger partial charge in [-0.3, -0.25) is 0 Å². The Kier molecular flexibility index (Phi) is 2.94. The minimum atomic E-state index is 0.167. The summed E-state index contributed by atoms with van der Waals surface area (Å²) in [6.45, 7) is 4.54. The van der Waals surface area contributed by atoms with Gasteiger partial charge >= 0.3 is 0 Å². The molecule has 2 heteroatoms. The summed E-state index contributed by atoms with van der Waals surface area (Å²) in [4.78, 5) is 0. The van der Waals surface area contributed by atoms with Crippen molar-refractivity contribution in [2.45, 2.75) is 15.3 Å². The van der Waals surface area contributed by atoms with Crippen LogP contribution in [0, 0.1) is 5.92 Å². The van der Waals surface area contributed by atoms with E-state index in [9.17, 15) is 0 Å². The van der Waals surface area contributed by atoms with E-state index in [1.54, 1.807) is 0 Å². The highest BCUT2D eigenvalue weighted by Crippen LogP contribution is 2.54. The van der Waals surface area contributed by atoms with E-state index in [0.717, 1.165) is 0 Å². The van der Waals surface area contributed by atoms with Gasteiger partial charge in [0.1, 0.15) is 1.43 Å². The predicted octanol–water partition coefficient (Wildman–Crippen LogP) is 4.76. The molecule has 0 saturated heterocycles. The molecule has 0 fully saturated rings. The number of hydrogen-bond donors (Lipinski definition) is 0. The van der Waals surface area contributed by atoms with Crippen molar-refractivity contribution in [3.63, 3.8) is 0 Å². The molecule has 0 bridgehead atoms. The highest BCUT2D eigenvalue weighted by molar-refractivity contribution is 14.2. The summed E-state index contributed by atoms with van der Waals surface area (Å²) in [6.07, 6.45) is 2.35. The van der Waals surface area contributed by atoms with Crippen molar-refractivity contribution in [2.75, 3.05) is 0 Å². The number of rotatable bonds is 1. The molecule has 0 saturated carbocycles. The van der Waals surface area contributed by atoms with E-state index in [-0.39, 0.29) is 1.43 Å². The van der Waals surface area contributed by atoms with Crippen LogP contribution in [0.15, 0.2) is 29.8 Å². The third kappa shape index (κ3) is 1.64. The zero-order valence-electron chi connectivity index (χ0n) is 8.22. The normalized spacial score (nSPS) is 18.2. The van der Waals surface area contributed by atoms with Gasteiger partial charge in [0.05, 0.1) is 0 Å². The molecule has 2 rings (SSSR count). The number of hydrogen-bond acceptors (Lipinski definition) is 0. The first-order chi connectivity index (χ1) is 6.53. The fourth-order valence-corrected chi connectivity index (χ4v) is 4.39. The van der Waals surface area contributed by atoms with Crippen molar-refractivity contribution in [3.05, 3.63) is 41.0 Å². The van der Waals surface area contributed by atoms with E-state index < -0.39 is 0 Å². The zero-order valence-corrected chi connectivity index (χ0v) is 12.5. The Morgan fingerprint density at radius 2 is 1.79 bits per heavy atom. The summed E-state index contributed by atoms with van der Waals surface area (Å²) in [5.41, 5.74) is 4.37. The number of halogens is 2. The smallest absolute Gasteiger partial charge is 0.0619 e. The average molecular weight is 410 g/mol. The van der Waals surface area contributed by atoms with E-state index in [0.29, 0.717) is 5.92 Å². The highest BCUT2D eigenvalue weighted by Gasteiger charge is 2.37. The Hall–Kier alpha value is 0.420. The SMILES string of the molecule is CC(C)C1=Cc2ccccc2C1(I)I. The summed E-state index contributed by atoms with van der Waals surface area (Å²) < 4.78 is 0.167. The number of alkyl halides is 2. The Balaban J connectivity index is 2.56. The predicted molar refractivity (Wildman–Crippen MR) is 79.0 cm³/mol. The highest BCUT2D eigenvalue weighted by atomic mass is 127. The summed E-state index contributed by atoms with van der Waals surface area (Å²) in [5, 5.41) is 0. The van der Waals surface area contributed by atoms with Gasteiger partial charge in [0, 0.05) is 0 Å². The molecular formula is C12H12I2. The molecule has 1 aromatic carbocycles. The Labute approximate surface area is 112 Å². The van der Waals surface area contributed by atoms with Crippen LogP contribution in [0.25, 0.3) is 6.08 Å². The lowest BCUT2D eigenvalue weighted by atomic mass is 10.0. The molecule has 0 aliphatic heterocycles. The molecule has 0 atom stereocenters. The van der Waals surface area contributed by atoms with E-state index >= 15 is 0 Å². The Morgan fingerprint density at radius 1 is 1.14 bits per heavy atom. The Bertz CT molecular complexity index is 389. The van der Waals surface area contributed by atoms with Gasteiger partial charge in [0.25, 0.3) is 0 Å². The monoisotopic (exact) mass is 410 g/mol. The van der Waals surface area contributed by atoms with Crippen LogP contribution < -0.4 is 0 Å². The molecule has 0 heterocycles. The Morgan fingerprint density at radius 3 is 2.36 bits per heavy atom. The number of allylic oxidation sites excluding steroid dienone is 1. The van der Waals surface area contributed by atoms with E-state index in [4.69, 9.17) is 0 Å². The first-order valence-electron chi connectivity index (χ1n) is 4.73. The second-order valence-corrected chi connectivity index (χ2v) is 9.22. The maximum Gasteiger partial charge on any atom is 0.120 e. The molecule has 0 radical (unpaired) electrons. The zero-order chi connectivity index (χ0) is 10.3. The second-order valence-electron chi connectivity index (χ2n) is 3.92. The van der Waals surface area contributed by atoms with Crippen molar-refractivity contribution in [1.82, 2.24) is 0 Å². The van der Waals surface area contributed by atoms with Gasteiger partial charge < -0.3 is 0 Å². The van der Waals surface area contributed by atoms with Crippen LogP contribution in [0.5, 0.6) is 0 Å². The first kappa shape index (κ1) is 10.9. The van der Waals surface area contributed by atoms with Gasteiger partial charge in [0.15, 0.2) is 0 Å². The minimum absolute atomic E-state index is 0.167. The largest absolute Gasteiger partial charge is 0.120 e. The van der Waals surface area contributed by atoms with Crippen LogP contribution in [-0.4, -0.2) is 0 Å². The topological polar surface area (TPSA) is 0 Å². The second kappa shape index (κ2) is 3.77. The molecule has 1 aliphatic carbocycles.